The summed E-state index contributed by atoms with van der Waals surface area (Å²) in [6, 6.07) is 0. The van der Waals surface area contributed by atoms with Crippen LogP contribution < -0.4 is 4.90 Å². The normalized spacial score (nSPS) is 20.1. The quantitative estimate of drug-likeness (QED) is 0.799. The number of anilines is 1. The molecule has 1 saturated heterocycles. The highest BCUT2D eigenvalue weighted by Crippen LogP contribution is 2.27. The van der Waals surface area contributed by atoms with Crippen LogP contribution in [0.4, 0.5) is 5.69 Å². The third-order valence-corrected chi connectivity index (χ3v) is 3.24. The van der Waals surface area contributed by atoms with Crippen molar-refractivity contribution in [2.24, 2.45) is 0 Å². The van der Waals surface area contributed by atoms with Gasteiger partial charge in [-0.3, -0.25) is 0 Å². The molecule has 1 aliphatic heterocycles. The minimum Gasteiger partial charge on any atom is -0.368 e. The van der Waals surface area contributed by atoms with Gasteiger partial charge in [0.05, 0.1) is 18.1 Å². The molecule has 3 rings (SSSR count). The molecule has 3 heterocycles. The molecule has 0 aliphatic carbocycles. The highest BCUT2D eigenvalue weighted by atomic mass is 16.5. The zero-order valence-corrected chi connectivity index (χ0v) is 10.3. The summed E-state index contributed by atoms with van der Waals surface area (Å²) in [4.78, 5) is 14.7. The smallest absolute Gasteiger partial charge is 0.223 e. The summed E-state index contributed by atoms with van der Waals surface area (Å²) in [5.41, 5.74) is 1.06. The summed E-state index contributed by atoms with van der Waals surface area (Å²) in [6.07, 6.45) is 7.46. The maximum atomic E-state index is 5.05. The van der Waals surface area contributed by atoms with E-state index in [1.807, 2.05) is 19.3 Å². The second kappa shape index (κ2) is 4.72. The number of hydrogen-bond acceptors (Lipinski definition) is 6. The molecule has 1 aliphatic rings. The molecular weight excluding hydrogens is 230 g/mol. The SMILES string of the molecule is Cc1nc(C2CCCN(c3cncnc3)C2)no1. The van der Waals surface area contributed by atoms with Gasteiger partial charge in [0, 0.05) is 25.9 Å². The molecule has 6 nitrogen and oxygen atoms in total. The molecule has 0 bridgehead atoms. The number of aryl methyl sites for hydroxylation is 1. The summed E-state index contributed by atoms with van der Waals surface area (Å²) in [5, 5.41) is 4.02. The van der Waals surface area contributed by atoms with Gasteiger partial charge in [-0.15, -0.1) is 0 Å². The fraction of sp³-hybridized carbons (Fsp3) is 0.500. The van der Waals surface area contributed by atoms with Gasteiger partial charge < -0.3 is 9.42 Å². The maximum Gasteiger partial charge on any atom is 0.223 e. The van der Waals surface area contributed by atoms with E-state index in [0.717, 1.165) is 37.4 Å². The summed E-state index contributed by atoms with van der Waals surface area (Å²) in [7, 11) is 0. The lowest BCUT2D eigenvalue weighted by Crippen LogP contribution is -2.34. The Bertz CT molecular complexity index is 512. The van der Waals surface area contributed by atoms with E-state index in [0.29, 0.717) is 11.8 Å². The van der Waals surface area contributed by atoms with Crippen LogP contribution in [0, 0.1) is 6.92 Å². The average Bonchev–Trinajstić information content (AvgIpc) is 2.87. The fourth-order valence-corrected chi connectivity index (χ4v) is 2.36. The molecule has 2 aromatic rings. The molecule has 6 heteroatoms. The number of hydrogen-bond donors (Lipinski definition) is 0. The van der Waals surface area contributed by atoms with Gasteiger partial charge in [0.2, 0.25) is 5.89 Å². The molecule has 0 radical (unpaired) electrons. The topological polar surface area (TPSA) is 67.9 Å². The predicted molar refractivity (Wildman–Crippen MR) is 65.3 cm³/mol. The van der Waals surface area contributed by atoms with Crippen molar-refractivity contribution in [2.75, 3.05) is 18.0 Å². The van der Waals surface area contributed by atoms with Crippen LogP contribution in [0.15, 0.2) is 23.2 Å². The molecule has 18 heavy (non-hydrogen) atoms. The summed E-state index contributed by atoms with van der Waals surface area (Å²) in [5.74, 6) is 1.77. The average molecular weight is 245 g/mol. The van der Waals surface area contributed by atoms with Crippen LogP contribution in [0.5, 0.6) is 0 Å². The molecule has 0 amide bonds. The van der Waals surface area contributed by atoms with Crippen LogP contribution in [-0.4, -0.2) is 33.2 Å². The Balaban J connectivity index is 1.76. The van der Waals surface area contributed by atoms with Gasteiger partial charge in [0.15, 0.2) is 5.82 Å². The lowest BCUT2D eigenvalue weighted by molar-refractivity contribution is 0.377. The predicted octanol–water partition coefficient (Wildman–Crippen LogP) is 1.55. The van der Waals surface area contributed by atoms with Crippen molar-refractivity contribution in [1.29, 1.82) is 0 Å². The Morgan fingerprint density at radius 3 is 2.89 bits per heavy atom. The molecule has 94 valence electrons. The lowest BCUT2D eigenvalue weighted by atomic mass is 9.97. The van der Waals surface area contributed by atoms with E-state index >= 15 is 0 Å². The number of nitrogens with zero attached hydrogens (tertiary/aromatic N) is 5. The van der Waals surface area contributed by atoms with Gasteiger partial charge in [0.1, 0.15) is 6.33 Å². The molecule has 1 unspecified atom stereocenters. The first kappa shape index (κ1) is 11.1. The van der Waals surface area contributed by atoms with Crippen LogP contribution in [0.25, 0.3) is 0 Å². The second-order valence-electron chi connectivity index (χ2n) is 4.55. The molecule has 1 atom stereocenters. The first-order chi connectivity index (χ1) is 8.83. The first-order valence-corrected chi connectivity index (χ1v) is 6.13. The molecule has 0 N–H and O–H groups in total. The van der Waals surface area contributed by atoms with E-state index in [9.17, 15) is 0 Å². The van der Waals surface area contributed by atoms with E-state index in [1.54, 1.807) is 6.33 Å². The first-order valence-electron chi connectivity index (χ1n) is 6.13. The number of piperidine rings is 1. The van der Waals surface area contributed by atoms with Crippen LogP contribution in [0.2, 0.25) is 0 Å². The van der Waals surface area contributed by atoms with Crippen molar-refractivity contribution in [3.63, 3.8) is 0 Å². The van der Waals surface area contributed by atoms with Gasteiger partial charge >= 0.3 is 0 Å². The Morgan fingerprint density at radius 1 is 1.33 bits per heavy atom. The zero-order valence-electron chi connectivity index (χ0n) is 10.3. The fourth-order valence-electron chi connectivity index (χ4n) is 2.36. The van der Waals surface area contributed by atoms with Crippen LogP contribution in [-0.2, 0) is 0 Å². The largest absolute Gasteiger partial charge is 0.368 e. The minimum atomic E-state index is 0.330. The van der Waals surface area contributed by atoms with Crippen molar-refractivity contribution in [3.8, 4) is 0 Å². The molecule has 1 fully saturated rings. The zero-order chi connectivity index (χ0) is 12.4. The van der Waals surface area contributed by atoms with Gasteiger partial charge in [-0.1, -0.05) is 5.16 Å². The Labute approximate surface area is 105 Å². The third-order valence-electron chi connectivity index (χ3n) is 3.24. The van der Waals surface area contributed by atoms with E-state index in [2.05, 4.69) is 25.0 Å². The van der Waals surface area contributed by atoms with Crippen molar-refractivity contribution in [1.82, 2.24) is 20.1 Å². The van der Waals surface area contributed by atoms with Crippen LogP contribution in [0.1, 0.15) is 30.5 Å². The monoisotopic (exact) mass is 245 g/mol. The van der Waals surface area contributed by atoms with Gasteiger partial charge in [0.25, 0.3) is 0 Å². The molecular formula is C12H15N5O. The third kappa shape index (κ3) is 2.18. The molecule has 0 spiro atoms. The van der Waals surface area contributed by atoms with Crippen molar-refractivity contribution >= 4 is 5.69 Å². The maximum absolute atomic E-state index is 5.05. The number of aromatic nitrogens is 4. The summed E-state index contributed by atoms with van der Waals surface area (Å²) < 4.78 is 5.05. The van der Waals surface area contributed by atoms with Crippen molar-refractivity contribution in [3.05, 3.63) is 30.4 Å². The summed E-state index contributed by atoms with van der Waals surface area (Å²) >= 11 is 0. The molecule has 0 aromatic carbocycles. The second-order valence-corrected chi connectivity index (χ2v) is 4.55. The Morgan fingerprint density at radius 2 is 2.17 bits per heavy atom. The molecule has 0 saturated carbocycles. The highest BCUT2D eigenvalue weighted by molar-refractivity contribution is 5.42. The lowest BCUT2D eigenvalue weighted by Gasteiger charge is -2.32. The van der Waals surface area contributed by atoms with Crippen molar-refractivity contribution in [2.45, 2.75) is 25.7 Å². The highest BCUT2D eigenvalue weighted by Gasteiger charge is 2.25. The standard InChI is InChI=1S/C12H15N5O/c1-9-15-12(16-18-9)10-3-2-4-17(7-10)11-5-13-8-14-6-11/h5-6,8,10H,2-4,7H2,1H3. The van der Waals surface area contributed by atoms with Gasteiger partial charge in [-0.2, -0.15) is 4.98 Å². The van der Waals surface area contributed by atoms with Crippen LogP contribution in [0.3, 0.4) is 0 Å². The Kier molecular flexibility index (Phi) is 2.92. The Hall–Kier alpha value is -1.98. The minimum absolute atomic E-state index is 0.330. The van der Waals surface area contributed by atoms with E-state index in [-0.39, 0.29) is 0 Å². The van der Waals surface area contributed by atoms with E-state index in [4.69, 9.17) is 4.52 Å². The molecule has 2 aromatic heterocycles. The summed E-state index contributed by atoms with van der Waals surface area (Å²) in [6.45, 7) is 3.75. The van der Waals surface area contributed by atoms with E-state index in [1.165, 1.54) is 0 Å². The number of rotatable bonds is 2. The van der Waals surface area contributed by atoms with Gasteiger partial charge in [-0.25, -0.2) is 9.97 Å². The van der Waals surface area contributed by atoms with E-state index < -0.39 is 0 Å². The van der Waals surface area contributed by atoms with Crippen molar-refractivity contribution < 1.29 is 4.52 Å². The van der Waals surface area contributed by atoms with Gasteiger partial charge in [-0.05, 0) is 12.8 Å². The van der Waals surface area contributed by atoms with Crippen LogP contribution >= 0.6 is 0 Å².